The van der Waals surface area contributed by atoms with Crippen LogP contribution >= 0.6 is 11.3 Å². The number of aromatic nitrogens is 1. The monoisotopic (exact) mass is 263 g/mol. The van der Waals surface area contributed by atoms with Gasteiger partial charge in [0.15, 0.2) is 5.13 Å². The van der Waals surface area contributed by atoms with Gasteiger partial charge in [-0.1, -0.05) is 6.07 Å². The van der Waals surface area contributed by atoms with Crippen molar-refractivity contribution in [2.45, 2.75) is 6.92 Å². The van der Waals surface area contributed by atoms with E-state index in [1.54, 1.807) is 29.8 Å². The van der Waals surface area contributed by atoms with Crippen LogP contribution in [0.2, 0.25) is 0 Å². The van der Waals surface area contributed by atoms with E-state index in [0.717, 1.165) is 0 Å². The molecular weight excluding hydrogens is 250 g/mol. The SMILES string of the molecule is CCOc1cccc(N)c1C(=O)Nc1nccs1. The number of nitrogens with two attached hydrogens (primary N) is 1. The summed E-state index contributed by atoms with van der Waals surface area (Å²) in [5.41, 5.74) is 6.55. The number of benzene rings is 1. The van der Waals surface area contributed by atoms with Gasteiger partial charge in [0.05, 0.1) is 6.61 Å². The molecule has 2 rings (SSSR count). The molecular formula is C12H13N3O2S. The first-order valence-electron chi connectivity index (χ1n) is 5.44. The molecule has 5 nitrogen and oxygen atoms in total. The van der Waals surface area contributed by atoms with Crippen molar-refractivity contribution in [3.8, 4) is 5.75 Å². The maximum atomic E-state index is 12.1. The molecule has 0 fully saturated rings. The van der Waals surface area contributed by atoms with Crippen molar-refractivity contribution in [3.05, 3.63) is 35.3 Å². The molecule has 18 heavy (non-hydrogen) atoms. The quantitative estimate of drug-likeness (QED) is 0.830. The van der Waals surface area contributed by atoms with Gasteiger partial charge in [0.25, 0.3) is 5.91 Å². The van der Waals surface area contributed by atoms with Crippen LogP contribution in [0, 0.1) is 0 Å². The largest absolute Gasteiger partial charge is 0.493 e. The molecule has 0 radical (unpaired) electrons. The Morgan fingerprint density at radius 3 is 3.06 bits per heavy atom. The van der Waals surface area contributed by atoms with E-state index in [4.69, 9.17) is 10.5 Å². The fraction of sp³-hybridized carbons (Fsp3) is 0.167. The molecule has 0 bridgehead atoms. The van der Waals surface area contributed by atoms with Crippen molar-refractivity contribution >= 4 is 28.1 Å². The summed E-state index contributed by atoms with van der Waals surface area (Å²) < 4.78 is 5.40. The topological polar surface area (TPSA) is 77.2 Å². The number of nitrogens with one attached hydrogen (secondary N) is 1. The minimum absolute atomic E-state index is 0.313. The van der Waals surface area contributed by atoms with E-state index in [1.807, 2.05) is 6.92 Å². The Labute approximate surface area is 109 Å². The average Bonchev–Trinajstić information content (AvgIpc) is 2.82. The summed E-state index contributed by atoms with van der Waals surface area (Å²) in [6, 6.07) is 5.14. The molecule has 3 N–H and O–H groups in total. The normalized spacial score (nSPS) is 10.1. The predicted molar refractivity (Wildman–Crippen MR) is 72.1 cm³/mol. The third kappa shape index (κ3) is 2.60. The van der Waals surface area contributed by atoms with Gasteiger partial charge in [-0.15, -0.1) is 11.3 Å². The molecule has 6 heteroatoms. The fourth-order valence-corrected chi connectivity index (χ4v) is 2.04. The minimum Gasteiger partial charge on any atom is -0.493 e. The molecule has 0 aliphatic carbocycles. The van der Waals surface area contributed by atoms with Crippen molar-refractivity contribution in [3.63, 3.8) is 0 Å². The Morgan fingerprint density at radius 2 is 2.39 bits per heavy atom. The highest BCUT2D eigenvalue weighted by molar-refractivity contribution is 7.13. The van der Waals surface area contributed by atoms with Gasteiger partial charge >= 0.3 is 0 Å². The number of carbonyl (C=O) groups excluding carboxylic acids is 1. The number of thiazole rings is 1. The van der Waals surface area contributed by atoms with E-state index in [-0.39, 0.29) is 5.91 Å². The first-order chi connectivity index (χ1) is 8.72. The Kier molecular flexibility index (Phi) is 3.78. The van der Waals surface area contributed by atoms with Gasteiger partial charge in [-0.05, 0) is 19.1 Å². The van der Waals surface area contributed by atoms with Crippen molar-refractivity contribution in [1.82, 2.24) is 4.98 Å². The lowest BCUT2D eigenvalue weighted by Gasteiger charge is -2.11. The number of nitrogen functional groups attached to an aromatic ring is 1. The lowest BCUT2D eigenvalue weighted by Crippen LogP contribution is -2.15. The Balaban J connectivity index is 2.28. The smallest absolute Gasteiger partial charge is 0.263 e. The molecule has 0 aliphatic heterocycles. The summed E-state index contributed by atoms with van der Waals surface area (Å²) in [6.45, 7) is 2.33. The van der Waals surface area contributed by atoms with Crippen LogP contribution in [0.4, 0.5) is 10.8 Å². The highest BCUT2D eigenvalue weighted by Crippen LogP contribution is 2.25. The summed E-state index contributed by atoms with van der Waals surface area (Å²) in [5, 5.41) is 5.00. The highest BCUT2D eigenvalue weighted by Gasteiger charge is 2.16. The summed E-state index contributed by atoms with van der Waals surface area (Å²) in [4.78, 5) is 16.1. The molecule has 1 heterocycles. The summed E-state index contributed by atoms with van der Waals surface area (Å²) in [7, 11) is 0. The number of hydrogen-bond donors (Lipinski definition) is 2. The Hall–Kier alpha value is -2.08. The first kappa shape index (κ1) is 12.4. The zero-order valence-corrected chi connectivity index (χ0v) is 10.7. The molecule has 1 amide bonds. The van der Waals surface area contributed by atoms with Crippen molar-refractivity contribution < 1.29 is 9.53 Å². The van der Waals surface area contributed by atoms with Gasteiger partial charge in [-0.25, -0.2) is 4.98 Å². The minimum atomic E-state index is -0.313. The van der Waals surface area contributed by atoms with E-state index in [1.165, 1.54) is 11.3 Å². The van der Waals surface area contributed by atoms with Crippen molar-refractivity contribution in [2.75, 3.05) is 17.7 Å². The summed E-state index contributed by atoms with van der Waals surface area (Å²) >= 11 is 1.35. The molecule has 94 valence electrons. The second-order valence-corrected chi connectivity index (χ2v) is 4.34. The molecule has 2 aromatic rings. The molecule has 0 aliphatic rings. The molecule has 0 unspecified atom stereocenters. The van der Waals surface area contributed by atoms with Crippen LogP contribution in [-0.4, -0.2) is 17.5 Å². The van der Waals surface area contributed by atoms with Crippen LogP contribution in [0.15, 0.2) is 29.8 Å². The van der Waals surface area contributed by atoms with Crippen LogP contribution in [0.3, 0.4) is 0 Å². The van der Waals surface area contributed by atoms with Gasteiger partial charge in [-0.3, -0.25) is 10.1 Å². The van der Waals surface area contributed by atoms with E-state index < -0.39 is 0 Å². The van der Waals surface area contributed by atoms with Crippen LogP contribution in [0.5, 0.6) is 5.75 Å². The third-order valence-electron chi connectivity index (χ3n) is 2.24. The van der Waals surface area contributed by atoms with E-state index in [2.05, 4.69) is 10.3 Å². The number of ether oxygens (including phenoxy) is 1. The standard InChI is InChI=1S/C12H13N3O2S/c1-2-17-9-5-3-4-8(13)10(9)11(16)15-12-14-6-7-18-12/h3-7H,2,13H2,1H3,(H,14,15,16). The molecule has 0 saturated carbocycles. The Bertz CT molecular complexity index is 540. The van der Waals surface area contributed by atoms with Crippen molar-refractivity contribution in [2.24, 2.45) is 0 Å². The molecule has 0 saturated heterocycles. The number of amides is 1. The lowest BCUT2D eigenvalue weighted by atomic mass is 10.1. The van der Waals surface area contributed by atoms with Crippen LogP contribution < -0.4 is 15.8 Å². The zero-order valence-electron chi connectivity index (χ0n) is 9.84. The van der Waals surface area contributed by atoms with Crippen molar-refractivity contribution in [1.29, 1.82) is 0 Å². The van der Waals surface area contributed by atoms with Gasteiger partial charge in [0, 0.05) is 17.3 Å². The van der Waals surface area contributed by atoms with Crippen LogP contribution in [0.25, 0.3) is 0 Å². The number of carbonyl (C=O) groups is 1. The number of hydrogen-bond acceptors (Lipinski definition) is 5. The summed E-state index contributed by atoms with van der Waals surface area (Å²) in [5.74, 6) is 0.165. The molecule has 0 atom stereocenters. The molecule has 1 aromatic carbocycles. The average molecular weight is 263 g/mol. The number of anilines is 2. The van der Waals surface area contributed by atoms with E-state index in [9.17, 15) is 4.79 Å². The number of nitrogens with zero attached hydrogens (tertiary/aromatic N) is 1. The Morgan fingerprint density at radius 1 is 1.56 bits per heavy atom. The first-order valence-corrected chi connectivity index (χ1v) is 6.32. The van der Waals surface area contributed by atoms with Crippen LogP contribution in [0.1, 0.15) is 17.3 Å². The van der Waals surface area contributed by atoms with Gasteiger partial charge in [-0.2, -0.15) is 0 Å². The van der Waals surface area contributed by atoms with E-state index >= 15 is 0 Å². The second-order valence-electron chi connectivity index (χ2n) is 3.44. The predicted octanol–water partition coefficient (Wildman–Crippen LogP) is 2.38. The molecule has 1 aromatic heterocycles. The van der Waals surface area contributed by atoms with Gasteiger partial charge in [0.2, 0.25) is 0 Å². The summed E-state index contributed by atoms with van der Waals surface area (Å²) in [6.07, 6.45) is 1.62. The maximum Gasteiger partial charge on any atom is 0.263 e. The maximum absolute atomic E-state index is 12.1. The highest BCUT2D eigenvalue weighted by atomic mass is 32.1. The van der Waals surface area contributed by atoms with E-state index in [0.29, 0.717) is 28.7 Å². The van der Waals surface area contributed by atoms with Gasteiger partial charge in [0.1, 0.15) is 11.3 Å². The zero-order chi connectivity index (χ0) is 13.0. The molecule has 0 spiro atoms. The fourth-order valence-electron chi connectivity index (χ4n) is 1.51. The second kappa shape index (κ2) is 5.50. The van der Waals surface area contributed by atoms with Gasteiger partial charge < -0.3 is 10.5 Å². The third-order valence-corrected chi connectivity index (χ3v) is 2.93. The lowest BCUT2D eigenvalue weighted by molar-refractivity contribution is 0.102. The van der Waals surface area contributed by atoms with Crippen LogP contribution in [-0.2, 0) is 0 Å². The number of rotatable bonds is 4.